The summed E-state index contributed by atoms with van der Waals surface area (Å²) in [5, 5.41) is 11.7. The number of nitrogens with zero attached hydrogens (tertiary/aromatic N) is 2. The molecule has 3 N–H and O–H groups in total. The molecule has 0 aliphatic carbocycles. The van der Waals surface area contributed by atoms with Gasteiger partial charge in [0.2, 0.25) is 0 Å². The van der Waals surface area contributed by atoms with Crippen molar-refractivity contribution < 1.29 is 4.79 Å². The summed E-state index contributed by atoms with van der Waals surface area (Å²) in [6, 6.07) is 13.1. The fourth-order valence-electron chi connectivity index (χ4n) is 2.49. The summed E-state index contributed by atoms with van der Waals surface area (Å²) in [4.78, 5) is 19.9. The molecule has 3 heterocycles. The van der Waals surface area contributed by atoms with Crippen molar-refractivity contribution in [2.24, 2.45) is 0 Å². The average Bonchev–Trinajstić information content (AvgIpc) is 3.29. The van der Waals surface area contributed by atoms with Gasteiger partial charge in [-0.15, -0.1) is 11.3 Å². The minimum Gasteiger partial charge on any atom is -0.350 e. The summed E-state index contributed by atoms with van der Waals surface area (Å²) < 4.78 is 1.06. The number of hydrogen-bond donors (Lipinski definition) is 3. The number of fused-ring (bicyclic) bond motifs is 1. The van der Waals surface area contributed by atoms with Crippen LogP contribution in [0.15, 0.2) is 54.2 Å². The molecule has 6 nitrogen and oxygen atoms in total. The highest BCUT2D eigenvalue weighted by atomic mass is 32.1. The molecule has 0 saturated heterocycles. The highest BCUT2D eigenvalue weighted by molar-refractivity contribution is 7.17. The Labute approximate surface area is 135 Å². The highest BCUT2D eigenvalue weighted by Crippen LogP contribution is 2.23. The zero-order valence-corrected chi connectivity index (χ0v) is 12.8. The van der Waals surface area contributed by atoms with Crippen LogP contribution in [0, 0.1) is 0 Å². The lowest BCUT2D eigenvalue weighted by Gasteiger charge is -2.16. The molecule has 7 heteroatoms. The molecule has 0 bridgehead atoms. The van der Waals surface area contributed by atoms with Crippen LogP contribution in [0.4, 0.5) is 0 Å². The van der Waals surface area contributed by atoms with Crippen molar-refractivity contribution >= 4 is 27.5 Å². The summed E-state index contributed by atoms with van der Waals surface area (Å²) >= 11 is 1.60. The smallest absolute Gasteiger partial charge is 0.268 e. The number of amides is 1. The Hall–Kier alpha value is -2.93. The molecular formula is C16H13N5OS. The summed E-state index contributed by atoms with van der Waals surface area (Å²) in [6.07, 6.45) is 1.43. The molecule has 1 atom stereocenters. The number of thiophene rings is 1. The first kappa shape index (κ1) is 13.7. The van der Waals surface area contributed by atoms with Gasteiger partial charge in [0.1, 0.15) is 18.1 Å². The molecule has 1 aromatic carbocycles. The molecule has 3 aromatic heterocycles. The Bertz CT molecular complexity index is 897. The Morgan fingerprint density at radius 1 is 1.22 bits per heavy atom. The van der Waals surface area contributed by atoms with Crippen LogP contribution in [0.25, 0.3) is 10.2 Å². The van der Waals surface area contributed by atoms with Gasteiger partial charge >= 0.3 is 0 Å². The number of carbonyl (C=O) groups is 1. The van der Waals surface area contributed by atoms with Crippen LogP contribution in [-0.4, -0.2) is 26.1 Å². The quantitative estimate of drug-likeness (QED) is 0.540. The summed E-state index contributed by atoms with van der Waals surface area (Å²) in [7, 11) is 0. The predicted octanol–water partition coefficient (Wildman–Crippen LogP) is 2.87. The van der Waals surface area contributed by atoms with Crippen molar-refractivity contribution in [3.05, 3.63) is 71.3 Å². The third-order valence-electron chi connectivity index (χ3n) is 3.60. The van der Waals surface area contributed by atoms with Gasteiger partial charge in [0, 0.05) is 0 Å². The molecule has 0 saturated carbocycles. The molecule has 0 aliphatic rings. The number of nitrogens with one attached hydrogen (secondary N) is 3. The lowest BCUT2D eigenvalue weighted by atomic mass is 10.1. The molecule has 0 spiro atoms. The van der Waals surface area contributed by atoms with Gasteiger partial charge < -0.3 is 10.3 Å². The minimum atomic E-state index is -0.382. The number of rotatable bonds is 4. The van der Waals surface area contributed by atoms with E-state index in [-0.39, 0.29) is 11.9 Å². The normalized spacial score (nSPS) is 12.3. The van der Waals surface area contributed by atoms with Gasteiger partial charge in [-0.2, -0.15) is 5.10 Å². The van der Waals surface area contributed by atoms with Crippen LogP contribution in [0.2, 0.25) is 0 Å². The number of H-pyrrole nitrogens is 2. The number of benzene rings is 1. The van der Waals surface area contributed by atoms with Crippen molar-refractivity contribution in [2.45, 2.75) is 6.04 Å². The zero-order valence-electron chi connectivity index (χ0n) is 12.0. The van der Waals surface area contributed by atoms with E-state index in [1.807, 2.05) is 47.8 Å². The van der Waals surface area contributed by atoms with Gasteiger partial charge in [0.25, 0.3) is 5.91 Å². The van der Waals surface area contributed by atoms with Crippen molar-refractivity contribution in [1.82, 2.24) is 25.5 Å². The van der Waals surface area contributed by atoms with Gasteiger partial charge in [-0.05, 0) is 23.1 Å². The topological polar surface area (TPSA) is 86.5 Å². The number of aromatic amines is 2. The van der Waals surface area contributed by atoms with Crippen molar-refractivity contribution in [3.63, 3.8) is 0 Å². The SMILES string of the molecule is O=C(NC(c1ccccc1)c1ncn[nH]1)c1cc2sccc2[nH]1. The maximum Gasteiger partial charge on any atom is 0.268 e. The minimum absolute atomic E-state index is 0.182. The van der Waals surface area contributed by atoms with E-state index in [1.54, 1.807) is 11.3 Å². The lowest BCUT2D eigenvalue weighted by molar-refractivity contribution is 0.0937. The second-order valence-corrected chi connectivity index (χ2v) is 6.02. The summed E-state index contributed by atoms with van der Waals surface area (Å²) in [5.74, 6) is 0.413. The van der Waals surface area contributed by atoms with Crippen LogP contribution in [0.3, 0.4) is 0 Å². The van der Waals surface area contributed by atoms with Crippen LogP contribution in [0.5, 0.6) is 0 Å². The molecule has 1 unspecified atom stereocenters. The maximum atomic E-state index is 12.6. The third kappa shape index (κ3) is 2.62. The Kier molecular flexibility index (Phi) is 3.39. The van der Waals surface area contributed by atoms with E-state index in [9.17, 15) is 4.79 Å². The number of aromatic nitrogens is 4. The first-order valence-corrected chi connectivity index (χ1v) is 7.96. The second kappa shape index (κ2) is 5.69. The largest absolute Gasteiger partial charge is 0.350 e. The van der Waals surface area contributed by atoms with E-state index in [2.05, 4.69) is 25.5 Å². The van der Waals surface area contributed by atoms with Crippen LogP contribution >= 0.6 is 11.3 Å². The lowest BCUT2D eigenvalue weighted by Crippen LogP contribution is -2.30. The van der Waals surface area contributed by atoms with Crippen molar-refractivity contribution in [3.8, 4) is 0 Å². The molecular weight excluding hydrogens is 310 g/mol. The van der Waals surface area contributed by atoms with Gasteiger partial charge in [-0.1, -0.05) is 30.3 Å². The Morgan fingerprint density at radius 2 is 2.09 bits per heavy atom. The van der Waals surface area contributed by atoms with Gasteiger partial charge in [-0.25, -0.2) is 4.98 Å². The van der Waals surface area contributed by atoms with Crippen molar-refractivity contribution in [2.75, 3.05) is 0 Å². The molecule has 4 aromatic rings. The van der Waals surface area contributed by atoms with Gasteiger partial charge in [0.05, 0.1) is 10.2 Å². The number of hydrogen-bond acceptors (Lipinski definition) is 4. The van der Waals surface area contributed by atoms with E-state index >= 15 is 0 Å². The van der Waals surface area contributed by atoms with E-state index in [1.165, 1.54) is 6.33 Å². The van der Waals surface area contributed by atoms with E-state index < -0.39 is 0 Å². The summed E-state index contributed by atoms with van der Waals surface area (Å²) in [6.45, 7) is 0. The molecule has 1 amide bonds. The number of carbonyl (C=O) groups excluding carboxylic acids is 1. The maximum absolute atomic E-state index is 12.6. The monoisotopic (exact) mass is 323 g/mol. The van der Waals surface area contributed by atoms with Gasteiger partial charge in [0.15, 0.2) is 5.82 Å². The predicted molar refractivity (Wildman–Crippen MR) is 88.3 cm³/mol. The van der Waals surface area contributed by atoms with E-state index in [0.717, 1.165) is 15.8 Å². The Morgan fingerprint density at radius 3 is 2.83 bits per heavy atom. The van der Waals surface area contributed by atoms with Crippen LogP contribution in [0.1, 0.15) is 27.9 Å². The Balaban J connectivity index is 1.65. The fraction of sp³-hybridized carbons (Fsp3) is 0.0625. The van der Waals surface area contributed by atoms with E-state index in [4.69, 9.17) is 0 Å². The van der Waals surface area contributed by atoms with E-state index in [0.29, 0.717) is 11.5 Å². The standard InChI is InChI=1S/C16H13N5OS/c22-16(12-8-13-11(19-12)6-7-23-13)20-14(15-17-9-18-21-15)10-4-2-1-3-5-10/h1-9,14,19H,(H,20,22)(H,17,18,21). The van der Waals surface area contributed by atoms with Crippen LogP contribution in [-0.2, 0) is 0 Å². The highest BCUT2D eigenvalue weighted by Gasteiger charge is 2.21. The van der Waals surface area contributed by atoms with Crippen molar-refractivity contribution in [1.29, 1.82) is 0 Å². The first-order chi connectivity index (χ1) is 11.3. The molecule has 0 radical (unpaired) electrons. The average molecular weight is 323 g/mol. The molecule has 23 heavy (non-hydrogen) atoms. The van der Waals surface area contributed by atoms with Crippen LogP contribution < -0.4 is 5.32 Å². The fourth-order valence-corrected chi connectivity index (χ4v) is 3.27. The molecule has 0 aliphatic heterocycles. The van der Waals surface area contributed by atoms with Gasteiger partial charge in [-0.3, -0.25) is 9.89 Å². The third-order valence-corrected chi connectivity index (χ3v) is 4.46. The molecule has 4 rings (SSSR count). The first-order valence-electron chi connectivity index (χ1n) is 7.08. The molecule has 114 valence electrons. The zero-order chi connectivity index (χ0) is 15.6. The summed E-state index contributed by atoms with van der Waals surface area (Å²) in [5.41, 5.74) is 2.44. The second-order valence-electron chi connectivity index (χ2n) is 5.07. The molecule has 0 fully saturated rings.